The van der Waals surface area contributed by atoms with Crippen LogP contribution in [0, 0.1) is 11.8 Å². The Balaban J connectivity index is 1.73. The van der Waals surface area contributed by atoms with Gasteiger partial charge in [0.15, 0.2) is 0 Å². The van der Waals surface area contributed by atoms with Crippen LogP contribution >= 0.6 is 15.9 Å². The normalized spacial score (nSPS) is 20.8. The van der Waals surface area contributed by atoms with Crippen molar-refractivity contribution in [2.75, 3.05) is 19.6 Å². The molecule has 1 aromatic carbocycles. The molecule has 0 radical (unpaired) electrons. The molecule has 2 nitrogen and oxygen atoms in total. The van der Waals surface area contributed by atoms with Gasteiger partial charge >= 0.3 is 0 Å². The standard InChI is InChI=1S/C16H23BrN2/c17-15-7-5-14(6-8-15)16(9-18)19(10-12-1-2-12)11-13-3-4-13/h5-8,12-13,16H,1-4,9-11,18H2. The Bertz CT molecular complexity index is 395. The van der Waals surface area contributed by atoms with E-state index in [9.17, 15) is 0 Å². The first-order valence-corrected chi connectivity index (χ1v) is 8.25. The fraction of sp³-hybridized carbons (Fsp3) is 0.625. The van der Waals surface area contributed by atoms with E-state index in [2.05, 4.69) is 45.1 Å². The lowest BCUT2D eigenvalue weighted by Crippen LogP contribution is -2.36. The number of nitrogens with two attached hydrogens (primary N) is 1. The van der Waals surface area contributed by atoms with E-state index < -0.39 is 0 Å². The zero-order valence-electron chi connectivity index (χ0n) is 11.4. The van der Waals surface area contributed by atoms with Crippen molar-refractivity contribution in [1.82, 2.24) is 4.90 Å². The van der Waals surface area contributed by atoms with Crippen molar-refractivity contribution in [3.8, 4) is 0 Å². The molecule has 2 fully saturated rings. The largest absolute Gasteiger partial charge is 0.329 e. The quantitative estimate of drug-likeness (QED) is 0.831. The first kappa shape index (κ1) is 13.6. The highest BCUT2D eigenvalue weighted by Crippen LogP contribution is 2.37. The summed E-state index contributed by atoms with van der Waals surface area (Å²) in [6.07, 6.45) is 5.66. The second kappa shape index (κ2) is 5.94. The van der Waals surface area contributed by atoms with E-state index in [0.717, 1.165) is 22.9 Å². The maximum atomic E-state index is 6.08. The van der Waals surface area contributed by atoms with Gasteiger partial charge < -0.3 is 5.73 Å². The molecule has 2 aliphatic carbocycles. The van der Waals surface area contributed by atoms with Gasteiger partial charge in [0.2, 0.25) is 0 Å². The predicted octanol–water partition coefficient (Wildman–Crippen LogP) is 3.57. The summed E-state index contributed by atoms with van der Waals surface area (Å²) < 4.78 is 1.14. The van der Waals surface area contributed by atoms with Crippen molar-refractivity contribution in [3.05, 3.63) is 34.3 Å². The van der Waals surface area contributed by atoms with Crippen molar-refractivity contribution >= 4 is 15.9 Å². The SMILES string of the molecule is NCC(c1ccc(Br)cc1)N(CC1CC1)CC1CC1. The molecule has 0 bridgehead atoms. The molecule has 2 saturated carbocycles. The van der Waals surface area contributed by atoms with Crippen LogP contribution in [0.5, 0.6) is 0 Å². The van der Waals surface area contributed by atoms with Gasteiger partial charge in [-0.15, -0.1) is 0 Å². The van der Waals surface area contributed by atoms with Crippen LogP contribution in [0.15, 0.2) is 28.7 Å². The van der Waals surface area contributed by atoms with E-state index in [1.165, 1.54) is 44.3 Å². The molecule has 19 heavy (non-hydrogen) atoms. The molecular formula is C16H23BrN2. The zero-order valence-corrected chi connectivity index (χ0v) is 13.0. The molecule has 104 valence electrons. The van der Waals surface area contributed by atoms with Gasteiger partial charge in [0.25, 0.3) is 0 Å². The molecule has 1 unspecified atom stereocenters. The first-order valence-electron chi connectivity index (χ1n) is 7.46. The maximum Gasteiger partial charge on any atom is 0.0470 e. The molecule has 1 aromatic rings. The lowest BCUT2D eigenvalue weighted by atomic mass is 10.0. The van der Waals surface area contributed by atoms with Gasteiger partial charge in [0, 0.05) is 30.1 Å². The Morgan fingerprint density at radius 1 is 1.05 bits per heavy atom. The summed E-state index contributed by atoms with van der Waals surface area (Å²) in [4.78, 5) is 2.65. The number of hydrogen-bond donors (Lipinski definition) is 1. The molecule has 0 amide bonds. The predicted molar refractivity (Wildman–Crippen MR) is 83.0 cm³/mol. The van der Waals surface area contributed by atoms with E-state index in [-0.39, 0.29) is 0 Å². The Kier molecular flexibility index (Phi) is 4.25. The number of nitrogens with zero attached hydrogens (tertiary/aromatic N) is 1. The van der Waals surface area contributed by atoms with E-state index >= 15 is 0 Å². The van der Waals surface area contributed by atoms with Gasteiger partial charge in [0.05, 0.1) is 0 Å². The van der Waals surface area contributed by atoms with Crippen LogP contribution in [0.4, 0.5) is 0 Å². The minimum Gasteiger partial charge on any atom is -0.329 e. The lowest BCUT2D eigenvalue weighted by molar-refractivity contribution is 0.185. The molecule has 0 heterocycles. The van der Waals surface area contributed by atoms with Crippen LogP contribution in [-0.2, 0) is 0 Å². The first-order chi connectivity index (χ1) is 9.26. The van der Waals surface area contributed by atoms with Crippen LogP contribution in [-0.4, -0.2) is 24.5 Å². The van der Waals surface area contributed by atoms with Gasteiger partial charge in [-0.25, -0.2) is 0 Å². The van der Waals surface area contributed by atoms with E-state index in [0.29, 0.717) is 6.04 Å². The smallest absolute Gasteiger partial charge is 0.0470 e. The molecule has 0 aliphatic heterocycles. The third-order valence-electron chi connectivity index (χ3n) is 4.30. The van der Waals surface area contributed by atoms with Gasteiger partial charge in [-0.3, -0.25) is 4.90 Å². The third-order valence-corrected chi connectivity index (χ3v) is 4.83. The van der Waals surface area contributed by atoms with Gasteiger partial charge in [-0.2, -0.15) is 0 Å². The van der Waals surface area contributed by atoms with Crippen LogP contribution in [0.3, 0.4) is 0 Å². The summed E-state index contributed by atoms with van der Waals surface area (Å²) in [6, 6.07) is 9.09. The highest BCUT2D eigenvalue weighted by Gasteiger charge is 2.32. The molecule has 3 rings (SSSR count). The topological polar surface area (TPSA) is 29.3 Å². The van der Waals surface area contributed by atoms with Crippen LogP contribution in [0.1, 0.15) is 37.3 Å². The average Bonchev–Trinajstić information content (AvgIpc) is 3.28. The number of benzene rings is 1. The summed E-state index contributed by atoms with van der Waals surface area (Å²) >= 11 is 3.51. The average molecular weight is 323 g/mol. The van der Waals surface area contributed by atoms with Crippen molar-refractivity contribution in [3.63, 3.8) is 0 Å². The molecule has 0 saturated heterocycles. The van der Waals surface area contributed by atoms with Gasteiger partial charge in [0.1, 0.15) is 0 Å². The van der Waals surface area contributed by atoms with Crippen molar-refractivity contribution in [2.24, 2.45) is 17.6 Å². The maximum absolute atomic E-state index is 6.08. The molecule has 0 aromatic heterocycles. The highest BCUT2D eigenvalue weighted by atomic mass is 79.9. The second-order valence-electron chi connectivity index (χ2n) is 6.14. The van der Waals surface area contributed by atoms with Crippen LogP contribution in [0.25, 0.3) is 0 Å². The lowest BCUT2D eigenvalue weighted by Gasteiger charge is -2.31. The Hall–Kier alpha value is -0.380. The summed E-state index contributed by atoms with van der Waals surface area (Å²) in [5, 5.41) is 0. The molecule has 1 atom stereocenters. The number of rotatable bonds is 7. The minimum absolute atomic E-state index is 0.397. The molecule has 0 spiro atoms. The van der Waals surface area contributed by atoms with E-state index in [1.54, 1.807) is 0 Å². The molecule has 2 N–H and O–H groups in total. The minimum atomic E-state index is 0.397. The van der Waals surface area contributed by atoms with E-state index in [4.69, 9.17) is 5.73 Å². The molecular weight excluding hydrogens is 300 g/mol. The third kappa shape index (κ3) is 3.80. The van der Waals surface area contributed by atoms with Crippen LogP contribution in [0.2, 0.25) is 0 Å². The van der Waals surface area contributed by atoms with Crippen molar-refractivity contribution in [1.29, 1.82) is 0 Å². The zero-order chi connectivity index (χ0) is 13.2. The molecule has 3 heteroatoms. The Morgan fingerprint density at radius 2 is 1.58 bits per heavy atom. The van der Waals surface area contributed by atoms with Crippen LogP contribution < -0.4 is 5.73 Å². The van der Waals surface area contributed by atoms with Gasteiger partial charge in [-0.05, 0) is 55.2 Å². The Morgan fingerprint density at radius 3 is 2.00 bits per heavy atom. The fourth-order valence-electron chi connectivity index (χ4n) is 2.77. The number of halogens is 1. The summed E-state index contributed by atoms with van der Waals surface area (Å²) in [5.41, 5.74) is 7.45. The number of hydrogen-bond acceptors (Lipinski definition) is 2. The monoisotopic (exact) mass is 322 g/mol. The highest BCUT2D eigenvalue weighted by molar-refractivity contribution is 9.10. The summed E-state index contributed by atoms with van der Waals surface area (Å²) in [5.74, 6) is 1.87. The summed E-state index contributed by atoms with van der Waals surface area (Å²) in [6.45, 7) is 3.21. The van der Waals surface area contributed by atoms with Crippen molar-refractivity contribution in [2.45, 2.75) is 31.7 Å². The van der Waals surface area contributed by atoms with E-state index in [1.807, 2.05) is 0 Å². The fourth-order valence-corrected chi connectivity index (χ4v) is 3.04. The second-order valence-corrected chi connectivity index (χ2v) is 7.06. The molecule has 2 aliphatic rings. The summed E-state index contributed by atoms with van der Waals surface area (Å²) in [7, 11) is 0. The van der Waals surface area contributed by atoms with Crippen molar-refractivity contribution < 1.29 is 0 Å². The van der Waals surface area contributed by atoms with Gasteiger partial charge in [-0.1, -0.05) is 28.1 Å². The Labute approximate surface area is 124 Å².